The molecular weight excluding hydrogens is 380 g/mol. The molecule has 1 saturated heterocycles. The Hall–Kier alpha value is -1.88. The maximum atomic E-state index is 13.9. The number of ether oxygens (including phenoxy) is 1. The van der Waals surface area contributed by atoms with Gasteiger partial charge in [-0.2, -0.15) is 26.6 Å². The first kappa shape index (κ1) is 20.4. The van der Waals surface area contributed by atoms with E-state index < -0.39 is 33.1 Å². The number of allylic oxidation sites excluding steroid dienone is 1. The van der Waals surface area contributed by atoms with Crippen molar-refractivity contribution in [2.24, 2.45) is 5.41 Å². The van der Waals surface area contributed by atoms with Crippen LogP contribution in [-0.2, 0) is 14.9 Å². The summed E-state index contributed by atoms with van der Waals surface area (Å²) in [5, 5.41) is 2.73. The minimum absolute atomic E-state index is 0.261. The molecule has 1 aliphatic rings. The second kappa shape index (κ2) is 7.78. The van der Waals surface area contributed by atoms with Gasteiger partial charge >= 0.3 is 15.6 Å². The van der Waals surface area contributed by atoms with Crippen LogP contribution in [0.1, 0.15) is 19.3 Å². The molecule has 2 rings (SSSR count). The largest absolute Gasteiger partial charge is 0.534 e. The molecule has 0 amide bonds. The van der Waals surface area contributed by atoms with Crippen LogP contribution in [0, 0.1) is 11.2 Å². The minimum atomic E-state index is -5.88. The van der Waals surface area contributed by atoms with Gasteiger partial charge in [0.1, 0.15) is 0 Å². The first-order valence-electron chi connectivity index (χ1n) is 7.68. The highest BCUT2D eigenvalue weighted by Gasteiger charge is 2.49. The highest BCUT2D eigenvalue weighted by atomic mass is 32.2. The van der Waals surface area contributed by atoms with Gasteiger partial charge in [-0.1, -0.05) is 6.08 Å². The van der Waals surface area contributed by atoms with E-state index >= 15 is 0 Å². The van der Waals surface area contributed by atoms with E-state index in [9.17, 15) is 26.0 Å². The van der Waals surface area contributed by atoms with Crippen LogP contribution in [0.2, 0.25) is 0 Å². The van der Waals surface area contributed by atoms with Crippen molar-refractivity contribution >= 4 is 15.9 Å². The Balaban J connectivity index is 2.15. The van der Waals surface area contributed by atoms with Crippen molar-refractivity contribution in [3.63, 3.8) is 0 Å². The number of hydrogen-bond acceptors (Lipinski definition) is 6. The molecule has 0 unspecified atom stereocenters. The molecule has 146 valence electrons. The number of pyridine rings is 1. The van der Waals surface area contributed by atoms with E-state index in [1.165, 1.54) is 0 Å². The van der Waals surface area contributed by atoms with Crippen LogP contribution >= 0.6 is 0 Å². The number of nitrogens with one attached hydrogen (secondary N) is 1. The van der Waals surface area contributed by atoms with Crippen molar-refractivity contribution in [3.05, 3.63) is 30.6 Å². The van der Waals surface area contributed by atoms with Crippen LogP contribution in [0.15, 0.2) is 24.8 Å². The molecule has 1 N–H and O–H groups in total. The molecule has 6 nitrogen and oxygen atoms in total. The molecule has 2 heterocycles. The van der Waals surface area contributed by atoms with E-state index in [-0.39, 0.29) is 12.0 Å². The first-order chi connectivity index (χ1) is 12.1. The predicted octanol–water partition coefficient (Wildman–Crippen LogP) is 3.23. The van der Waals surface area contributed by atoms with Crippen molar-refractivity contribution in [3.8, 4) is 5.88 Å². The van der Waals surface area contributed by atoms with Gasteiger partial charge in [0.2, 0.25) is 5.88 Å². The third-order valence-electron chi connectivity index (χ3n) is 4.06. The zero-order valence-electron chi connectivity index (χ0n) is 13.7. The molecule has 0 bridgehead atoms. The van der Waals surface area contributed by atoms with Crippen molar-refractivity contribution in [2.75, 3.05) is 25.1 Å². The van der Waals surface area contributed by atoms with Crippen LogP contribution in [0.5, 0.6) is 5.88 Å². The smallest absolute Gasteiger partial charge is 0.381 e. The number of halogens is 4. The maximum absolute atomic E-state index is 13.9. The topological polar surface area (TPSA) is 77.5 Å². The summed E-state index contributed by atoms with van der Waals surface area (Å²) in [5.41, 5.74) is -5.87. The fraction of sp³-hybridized carbons (Fsp3) is 0.533. The van der Waals surface area contributed by atoms with Gasteiger partial charge < -0.3 is 14.2 Å². The third kappa shape index (κ3) is 4.85. The molecule has 1 aromatic rings. The van der Waals surface area contributed by atoms with Crippen LogP contribution in [0.3, 0.4) is 0 Å². The van der Waals surface area contributed by atoms with Gasteiger partial charge in [0.05, 0.1) is 0 Å². The summed E-state index contributed by atoms with van der Waals surface area (Å²) in [6.45, 7) is 5.02. The summed E-state index contributed by atoms with van der Waals surface area (Å²) < 4.78 is 82.3. The average molecular weight is 398 g/mol. The van der Waals surface area contributed by atoms with Gasteiger partial charge in [-0.25, -0.2) is 4.39 Å². The average Bonchev–Trinajstić information content (AvgIpc) is 2.55. The standard InChI is InChI=1S/C15H18F4N2O4S/c1-2-5-14(6-8-24-9-7-14)10-20-13-11(16)3-4-12(21-13)25-26(22,23)15(17,18)19/h2-4H,1,5-10H2,(H,20,21). The van der Waals surface area contributed by atoms with Gasteiger partial charge in [-0.3, -0.25) is 0 Å². The highest BCUT2D eigenvalue weighted by Crippen LogP contribution is 2.35. The lowest BCUT2D eigenvalue weighted by molar-refractivity contribution is -0.0501. The van der Waals surface area contributed by atoms with E-state index in [0.717, 1.165) is 6.07 Å². The number of alkyl halides is 3. The van der Waals surface area contributed by atoms with Crippen LogP contribution in [0.4, 0.5) is 23.4 Å². The lowest BCUT2D eigenvalue weighted by Crippen LogP contribution is -2.36. The molecule has 26 heavy (non-hydrogen) atoms. The first-order valence-corrected chi connectivity index (χ1v) is 9.09. The highest BCUT2D eigenvalue weighted by molar-refractivity contribution is 7.87. The molecule has 0 atom stereocenters. The zero-order chi connectivity index (χ0) is 19.4. The third-order valence-corrected chi connectivity index (χ3v) is 5.02. The lowest BCUT2D eigenvalue weighted by atomic mass is 9.77. The van der Waals surface area contributed by atoms with Crippen molar-refractivity contribution < 1.29 is 34.9 Å². The van der Waals surface area contributed by atoms with E-state index in [2.05, 4.69) is 21.1 Å². The fourth-order valence-corrected chi connectivity index (χ4v) is 3.00. The van der Waals surface area contributed by atoms with Crippen molar-refractivity contribution in [1.29, 1.82) is 0 Å². The number of hydrogen-bond donors (Lipinski definition) is 1. The second-order valence-corrected chi connectivity index (χ2v) is 7.46. The van der Waals surface area contributed by atoms with Gasteiger partial charge in [0.25, 0.3) is 0 Å². The summed E-state index contributed by atoms with van der Waals surface area (Å²) in [6.07, 6.45) is 3.73. The summed E-state index contributed by atoms with van der Waals surface area (Å²) in [6, 6.07) is 1.48. The Morgan fingerprint density at radius 2 is 2.00 bits per heavy atom. The quantitative estimate of drug-likeness (QED) is 0.329. The van der Waals surface area contributed by atoms with Gasteiger partial charge in [-0.05, 0) is 30.7 Å². The molecule has 0 aliphatic carbocycles. The Bertz CT molecular complexity index is 747. The molecule has 0 aromatic carbocycles. The lowest BCUT2D eigenvalue weighted by Gasteiger charge is -2.36. The summed E-state index contributed by atoms with van der Waals surface area (Å²) >= 11 is 0. The summed E-state index contributed by atoms with van der Waals surface area (Å²) in [7, 11) is -5.88. The number of nitrogens with zero attached hydrogens (tertiary/aromatic N) is 1. The molecular formula is C15H18F4N2O4S. The monoisotopic (exact) mass is 398 g/mol. The van der Waals surface area contributed by atoms with Crippen LogP contribution in [0.25, 0.3) is 0 Å². The Morgan fingerprint density at radius 3 is 2.58 bits per heavy atom. The van der Waals surface area contributed by atoms with Gasteiger partial charge in [0.15, 0.2) is 11.6 Å². The van der Waals surface area contributed by atoms with Crippen LogP contribution < -0.4 is 9.50 Å². The Labute approximate surface area is 148 Å². The van der Waals surface area contributed by atoms with E-state index in [0.29, 0.717) is 38.5 Å². The van der Waals surface area contributed by atoms with E-state index in [4.69, 9.17) is 4.74 Å². The molecule has 1 aromatic heterocycles. The Morgan fingerprint density at radius 1 is 1.35 bits per heavy atom. The molecule has 1 aliphatic heterocycles. The van der Waals surface area contributed by atoms with E-state index in [1.807, 2.05) is 0 Å². The SMILES string of the molecule is C=CCC1(CNc2nc(OS(=O)(=O)C(F)(F)F)ccc2F)CCOCC1. The van der Waals surface area contributed by atoms with E-state index in [1.54, 1.807) is 6.08 Å². The minimum Gasteiger partial charge on any atom is -0.381 e. The van der Waals surface area contributed by atoms with Crippen molar-refractivity contribution in [2.45, 2.75) is 24.8 Å². The molecule has 0 radical (unpaired) electrons. The molecule has 0 saturated carbocycles. The normalized spacial score (nSPS) is 17.5. The predicted molar refractivity (Wildman–Crippen MR) is 85.6 cm³/mol. The van der Waals surface area contributed by atoms with Crippen molar-refractivity contribution in [1.82, 2.24) is 4.98 Å². The van der Waals surface area contributed by atoms with Gasteiger partial charge in [-0.15, -0.1) is 6.58 Å². The molecule has 1 fully saturated rings. The number of rotatable bonds is 7. The van der Waals surface area contributed by atoms with Crippen LogP contribution in [-0.4, -0.2) is 38.7 Å². The maximum Gasteiger partial charge on any atom is 0.534 e. The second-order valence-electron chi connectivity index (χ2n) is 5.92. The number of aromatic nitrogens is 1. The summed E-state index contributed by atoms with van der Waals surface area (Å²) in [5.74, 6) is -2.12. The molecule has 0 spiro atoms. The fourth-order valence-electron chi connectivity index (χ4n) is 2.59. The zero-order valence-corrected chi connectivity index (χ0v) is 14.5. The van der Waals surface area contributed by atoms with Gasteiger partial charge in [0, 0.05) is 25.8 Å². The summed E-state index contributed by atoms with van der Waals surface area (Å²) in [4.78, 5) is 3.50. The number of anilines is 1. The Kier molecular flexibility index (Phi) is 6.12. The molecule has 11 heteroatoms.